The van der Waals surface area contributed by atoms with E-state index in [0.29, 0.717) is 11.7 Å². The van der Waals surface area contributed by atoms with E-state index in [-0.39, 0.29) is 11.5 Å². The number of fused-ring (bicyclic) bond motifs is 2. The molecule has 0 aromatic carbocycles. The van der Waals surface area contributed by atoms with Crippen LogP contribution in [-0.4, -0.2) is 35.5 Å². The molecule has 0 amide bonds. The topological polar surface area (TPSA) is 84.2 Å². The zero-order chi connectivity index (χ0) is 15.0. The molecule has 0 radical (unpaired) electrons. The molecule has 2 bridgehead atoms. The van der Waals surface area contributed by atoms with Crippen molar-refractivity contribution >= 4 is 17.3 Å². The molecule has 0 aliphatic heterocycles. The molecule has 3 rings (SSSR count). The van der Waals surface area contributed by atoms with Gasteiger partial charge < -0.3 is 10.2 Å². The summed E-state index contributed by atoms with van der Waals surface area (Å²) in [5, 5.41) is 14.1. The molecule has 3 atom stereocenters. The lowest BCUT2D eigenvalue weighted by atomic mass is 9.88. The largest absolute Gasteiger partial charge is 0.367 e. The number of nitrogens with zero attached hydrogens (tertiary/aromatic N) is 4. The number of hydrogen-bond donors (Lipinski definition) is 1. The Kier molecular flexibility index (Phi) is 3.65. The molecule has 0 saturated heterocycles. The van der Waals surface area contributed by atoms with E-state index < -0.39 is 4.92 Å². The van der Waals surface area contributed by atoms with Crippen LogP contribution in [0, 0.1) is 27.9 Å². The van der Waals surface area contributed by atoms with Gasteiger partial charge in [-0.3, -0.25) is 10.1 Å². The third-order valence-corrected chi connectivity index (χ3v) is 4.98. The van der Waals surface area contributed by atoms with Crippen molar-refractivity contribution in [3.05, 3.63) is 16.4 Å². The summed E-state index contributed by atoms with van der Waals surface area (Å²) in [4.78, 5) is 20.9. The summed E-state index contributed by atoms with van der Waals surface area (Å²) in [6, 6.07) is 0. The molecule has 0 spiro atoms. The maximum atomic E-state index is 11.3. The van der Waals surface area contributed by atoms with Gasteiger partial charge >= 0.3 is 5.69 Å². The van der Waals surface area contributed by atoms with E-state index in [0.717, 1.165) is 18.4 Å². The Hall–Kier alpha value is -1.92. The number of aromatic nitrogens is 2. The van der Waals surface area contributed by atoms with Gasteiger partial charge in [-0.2, -0.15) is 0 Å². The summed E-state index contributed by atoms with van der Waals surface area (Å²) < 4.78 is 0. The highest BCUT2D eigenvalue weighted by Crippen LogP contribution is 2.48. The fraction of sp³-hybridized carbons (Fsp3) is 0.714. The Morgan fingerprint density at radius 1 is 1.43 bits per heavy atom. The normalized spacial score (nSPS) is 26.9. The molecular formula is C14H21N5O2. The number of anilines is 2. The Bertz CT molecular complexity index is 550. The van der Waals surface area contributed by atoms with Gasteiger partial charge in [0, 0.05) is 20.6 Å². The van der Waals surface area contributed by atoms with Crippen LogP contribution < -0.4 is 10.2 Å². The van der Waals surface area contributed by atoms with Crippen LogP contribution in [0.3, 0.4) is 0 Å². The molecule has 1 aromatic rings. The zero-order valence-electron chi connectivity index (χ0n) is 12.5. The maximum absolute atomic E-state index is 11.3. The van der Waals surface area contributed by atoms with Gasteiger partial charge in [0.05, 0.1) is 4.92 Å². The molecule has 1 aromatic heterocycles. The molecule has 2 fully saturated rings. The van der Waals surface area contributed by atoms with Crippen LogP contribution in [0.25, 0.3) is 0 Å². The molecular weight excluding hydrogens is 270 g/mol. The van der Waals surface area contributed by atoms with Gasteiger partial charge in [-0.15, -0.1) is 0 Å². The van der Waals surface area contributed by atoms with Crippen molar-refractivity contribution in [2.45, 2.75) is 25.7 Å². The standard InChI is InChI=1S/C14H21N5O2/c1-15-13-12(19(20)21)14(17-8-16-13)18(2)7-11-6-9-3-4-10(11)5-9/h8-11H,3-7H2,1-2H3,(H,15,16,17). The van der Waals surface area contributed by atoms with Crippen molar-refractivity contribution in [2.24, 2.45) is 17.8 Å². The highest BCUT2D eigenvalue weighted by Gasteiger charge is 2.40. The second-order valence-electron chi connectivity index (χ2n) is 6.22. The molecule has 2 aliphatic carbocycles. The van der Waals surface area contributed by atoms with Crippen LogP contribution in [0.2, 0.25) is 0 Å². The Labute approximate surface area is 123 Å². The van der Waals surface area contributed by atoms with Crippen LogP contribution in [0.1, 0.15) is 25.7 Å². The van der Waals surface area contributed by atoms with E-state index in [1.165, 1.54) is 32.0 Å². The minimum Gasteiger partial charge on any atom is -0.367 e. The number of hydrogen-bond acceptors (Lipinski definition) is 6. The number of nitro groups is 1. The lowest BCUT2D eigenvalue weighted by Crippen LogP contribution is -2.30. The van der Waals surface area contributed by atoms with E-state index >= 15 is 0 Å². The summed E-state index contributed by atoms with van der Waals surface area (Å²) >= 11 is 0. The van der Waals surface area contributed by atoms with E-state index in [1.807, 2.05) is 11.9 Å². The number of nitrogens with one attached hydrogen (secondary N) is 1. The summed E-state index contributed by atoms with van der Waals surface area (Å²) in [6.45, 7) is 0.835. The first kappa shape index (κ1) is 14.0. The molecule has 2 saturated carbocycles. The third-order valence-electron chi connectivity index (χ3n) is 4.98. The smallest absolute Gasteiger partial charge is 0.353 e. The fourth-order valence-corrected chi connectivity index (χ4v) is 4.04. The summed E-state index contributed by atoms with van der Waals surface area (Å²) in [7, 11) is 3.52. The minimum atomic E-state index is -0.404. The van der Waals surface area contributed by atoms with Crippen LogP contribution in [-0.2, 0) is 0 Å². The molecule has 2 aliphatic rings. The van der Waals surface area contributed by atoms with Gasteiger partial charge in [0.25, 0.3) is 0 Å². The van der Waals surface area contributed by atoms with Crippen molar-refractivity contribution < 1.29 is 4.92 Å². The molecule has 7 nitrogen and oxygen atoms in total. The molecule has 114 valence electrons. The van der Waals surface area contributed by atoms with E-state index in [2.05, 4.69) is 15.3 Å². The Morgan fingerprint density at radius 2 is 2.24 bits per heavy atom. The van der Waals surface area contributed by atoms with Crippen molar-refractivity contribution in [2.75, 3.05) is 30.9 Å². The van der Waals surface area contributed by atoms with Crippen LogP contribution >= 0.6 is 0 Å². The predicted octanol–water partition coefficient (Wildman–Crippen LogP) is 2.30. The molecule has 7 heteroatoms. The molecule has 21 heavy (non-hydrogen) atoms. The van der Waals surface area contributed by atoms with Gasteiger partial charge in [-0.05, 0) is 37.0 Å². The lowest BCUT2D eigenvalue weighted by Gasteiger charge is -2.27. The average Bonchev–Trinajstić information content (AvgIpc) is 3.08. The van der Waals surface area contributed by atoms with Crippen LogP contribution in [0.15, 0.2) is 6.33 Å². The highest BCUT2D eigenvalue weighted by molar-refractivity contribution is 5.69. The maximum Gasteiger partial charge on any atom is 0.353 e. The predicted molar refractivity (Wildman–Crippen MR) is 80.4 cm³/mol. The van der Waals surface area contributed by atoms with Crippen molar-refractivity contribution in [1.29, 1.82) is 0 Å². The minimum absolute atomic E-state index is 0.0364. The highest BCUT2D eigenvalue weighted by atomic mass is 16.6. The van der Waals surface area contributed by atoms with Gasteiger partial charge in [0.15, 0.2) is 0 Å². The quantitative estimate of drug-likeness (QED) is 0.662. The second kappa shape index (κ2) is 5.46. The third kappa shape index (κ3) is 2.52. The van der Waals surface area contributed by atoms with Gasteiger partial charge in [-0.1, -0.05) is 6.42 Å². The molecule has 1 N–H and O–H groups in total. The first-order valence-electron chi connectivity index (χ1n) is 7.48. The van der Waals surface area contributed by atoms with Crippen molar-refractivity contribution in [3.63, 3.8) is 0 Å². The average molecular weight is 291 g/mol. The lowest BCUT2D eigenvalue weighted by molar-refractivity contribution is -0.383. The Balaban J connectivity index is 1.81. The van der Waals surface area contributed by atoms with Crippen LogP contribution in [0.4, 0.5) is 17.3 Å². The van der Waals surface area contributed by atoms with E-state index in [4.69, 9.17) is 0 Å². The summed E-state index contributed by atoms with van der Waals surface area (Å²) in [5.74, 6) is 2.98. The second-order valence-corrected chi connectivity index (χ2v) is 6.22. The van der Waals surface area contributed by atoms with E-state index in [9.17, 15) is 10.1 Å². The number of rotatable bonds is 5. The summed E-state index contributed by atoms with van der Waals surface area (Å²) in [6.07, 6.45) is 6.66. The first-order chi connectivity index (χ1) is 10.1. The van der Waals surface area contributed by atoms with Gasteiger partial charge in [0.1, 0.15) is 6.33 Å². The first-order valence-corrected chi connectivity index (χ1v) is 7.48. The van der Waals surface area contributed by atoms with Gasteiger partial charge in [0.2, 0.25) is 11.6 Å². The van der Waals surface area contributed by atoms with Crippen LogP contribution in [0.5, 0.6) is 0 Å². The van der Waals surface area contributed by atoms with Crippen molar-refractivity contribution in [3.8, 4) is 0 Å². The van der Waals surface area contributed by atoms with Gasteiger partial charge in [-0.25, -0.2) is 9.97 Å². The monoisotopic (exact) mass is 291 g/mol. The summed E-state index contributed by atoms with van der Waals surface area (Å²) in [5.41, 5.74) is -0.0364. The Morgan fingerprint density at radius 3 is 2.81 bits per heavy atom. The van der Waals surface area contributed by atoms with E-state index in [1.54, 1.807) is 7.05 Å². The van der Waals surface area contributed by atoms with Crippen molar-refractivity contribution in [1.82, 2.24) is 9.97 Å². The fourth-order valence-electron chi connectivity index (χ4n) is 4.04. The molecule has 1 heterocycles. The zero-order valence-corrected chi connectivity index (χ0v) is 12.5. The SMILES string of the molecule is CNc1ncnc(N(C)CC2CC3CCC2C3)c1[N+](=O)[O-]. The molecule has 3 unspecified atom stereocenters.